The molecule has 0 unspecified atom stereocenters. The normalized spacial score (nSPS) is 23.9. The Balaban J connectivity index is 1.70. The van der Waals surface area contributed by atoms with E-state index in [0.29, 0.717) is 22.3 Å². The van der Waals surface area contributed by atoms with Gasteiger partial charge in [-0.1, -0.05) is 0 Å². The maximum absolute atomic E-state index is 12.4. The fourth-order valence-corrected chi connectivity index (χ4v) is 6.62. The van der Waals surface area contributed by atoms with E-state index in [-0.39, 0.29) is 35.8 Å². The number of sulfone groups is 1. The fourth-order valence-electron chi connectivity index (χ4n) is 3.65. The maximum Gasteiger partial charge on any atom is 0.229 e. The molecule has 26 heavy (non-hydrogen) atoms. The number of amides is 1. The van der Waals surface area contributed by atoms with E-state index in [9.17, 15) is 13.2 Å². The number of anilines is 1. The monoisotopic (exact) mass is 394 g/mol. The van der Waals surface area contributed by atoms with Crippen molar-refractivity contribution >= 4 is 32.2 Å². The molecular formula is C17H18N2O5S2. The highest BCUT2D eigenvalue weighted by Crippen LogP contribution is 2.41. The van der Waals surface area contributed by atoms with Crippen LogP contribution in [0.15, 0.2) is 23.6 Å². The van der Waals surface area contributed by atoms with Gasteiger partial charge in [0.15, 0.2) is 15.0 Å². The van der Waals surface area contributed by atoms with Crippen LogP contribution in [0.4, 0.5) is 5.13 Å². The number of carbonyl (C=O) groups excluding carboxylic acids is 1. The number of methoxy groups -OCH3 is 2. The molecule has 0 radical (unpaired) electrons. The summed E-state index contributed by atoms with van der Waals surface area (Å²) in [5, 5.41) is 2.37. The molecule has 2 aliphatic heterocycles. The standard InChI is InChI=1S/C17H18N2O5S2/c1-23-11-3-4-15(24-2)12(6-11)13-7-25-17(18-13)19-14-9-26(21,22)8-10(14)5-16(19)20/h3-4,6-7,10,14H,5,8-9H2,1-2H3/t10-,14-/m0/s1. The molecule has 4 rings (SSSR count). The molecule has 0 bridgehead atoms. The summed E-state index contributed by atoms with van der Waals surface area (Å²) in [6.07, 6.45) is 0.265. The van der Waals surface area contributed by atoms with Crippen molar-refractivity contribution in [2.24, 2.45) is 5.92 Å². The first-order valence-corrected chi connectivity index (χ1v) is 10.8. The Bertz CT molecular complexity index is 969. The van der Waals surface area contributed by atoms with Crippen LogP contribution >= 0.6 is 11.3 Å². The number of aromatic nitrogens is 1. The maximum atomic E-state index is 12.4. The second-order valence-electron chi connectivity index (χ2n) is 6.45. The summed E-state index contributed by atoms with van der Waals surface area (Å²) in [4.78, 5) is 18.6. The first-order valence-electron chi connectivity index (χ1n) is 8.12. The van der Waals surface area contributed by atoms with E-state index in [1.807, 2.05) is 11.4 Å². The Morgan fingerprint density at radius 2 is 2.04 bits per heavy atom. The van der Waals surface area contributed by atoms with Crippen molar-refractivity contribution in [2.45, 2.75) is 12.5 Å². The summed E-state index contributed by atoms with van der Waals surface area (Å²) in [6, 6.07) is 5.12. The number of ether oxygens (including phenoxy) is 2. The molecule has 1 amide bonds. The van der Waals surface area contributed by atoms with Crippen molar-refractivity contribution in [1.82, 2.24) is 4.98 Å². The van der Waals surface area contributed by atoms with Crippen LogP contribution < -0.4 is 14.4 Å². The zero-order valence-electron chi connectivity index (χ0n) is 14.3. The molecule has 2 aromatic rings. The lowest BCUT2D eigenvalue weighted by Gasteiger charge is -2.19. The third-order valence-corrected chi connectivity index (χ3v) is 7.48. The van der Waals surface area contributed by atoms with Crippen LogP contribution in [0.5, 0.6) is 11.5 Å². The molecule has 0 spiro atoms. The Morgan fingerprint density at radius 1 is 1.23 bits per heavy atom. The van der Waals surface area contributed by atoms with E-state index in [0.717, 1.165) is 5.56 Å². The molecular weight excluding hydrogens is 376 g/mol. The first-order chi connectivity index (χ1) is 12.4. The van der Waals surface area contributed by atoms with E-state index in [1.54, 1.807) is 31.3 Å². The molecule has 0 aliphatic carbocycles. The third kappa shape index (κ3) is 2.84. The number of thiazole rings is 1. The predicted molar refractivity (Wildman–Crippen MR) is 98.7 cm³/mol. The van der Waals surface area contributed by atoms with Gasteiger partial charge in [0, 0.05) is 23.3 Å². The second-order valence-corrected chi connectivity index (χ2v) is 9.44. The Kier molecular flexibility index (Phi) is 4.15. The average Bonchev–Trinajstić information content (AvgIpc) is 3.26. The van der Waals surface area contributed by atoms with Gasteiger partial charge >= 0.3 is 0 Å². The smallest absolute Gasteiger partial charge is 0.229 e. The summed E-state index contributed by atoms with van der Waals surface area (Å²) in [5.74, 6) is 1.23. The van der Waals surface area contributed by atoms with E-state index in [2.05, 4.69) is 4.98 Å². The van der Waals surface area contributed by atoms with E-state index in [1.165, 1.54) is 11.3 Å². The average molecular weight is 394 g/mol. The van der Waals surface area contributed by atoms with Gasteiger partial charge in [-0.25, -0.2) is 13.4 Å². The summed E-state index contributed by atoms with van der Waals surface area (Å²) < 4.78 is 34.5. The Morgan fingerprint density at radius 3 is 2.77 bits per heavy atom. The highest BCUT2D eigenvalue weighted by molar-refractivity contribution is 7.91. The van der Waals surface area contributed by atoms with Crippen molar-refractivity contribution in [2.75, 3.05) is 30.6 Å². The number of rotatable bonds is 4. The molecule has 2 atom stereocenters. The third-order valence-electron chi connectivity index (χ3n) is 4.85. The quantitative estimate of drug-likeness (QED) is 0.788. The van der Waals surface area contributed by atoms with Crippen LogP contribution in [0.3, 0.4) is 0 Å². The lowest BCUT2D eigenvalue weighted by atomic mass is 10.1. The summed E-state index contributed by atoms with van der Waals surface area (Å²) in [6.45, 7) is 0. The highest BCUT2D eigenvalue weighted by Gasteiger charge is 2.50. The van der Waals surface area contributed by atoms with Gasteiger partial charge in [0.05, 0.1) is 37.5 Å². The number of hydrogen-bond donors (Lipinski definition) is 0. The van der Waals surface area contributed by atoms with Crippen molar-refractivity contribution in [3.63, 3.8) is 0 Å². The Labute approximate surface area is 155 Å². The minimum atomic E-state index is -3.09. The number of nitrogens with zero attached hydrogens (tertiary/aromatic N) is 2. The molecule has 2 aliphatic rings. The minimum absolute atomic E-state index is 0.0147. The molecule has 0 N–H and O–H groups in total. The van der Waals surface area contributed by atoms with Crippen LogP contribution in [0.1, 0.15) is 6.42 Å². The van der Waals surface area contributed by atoms with Gasteiger partial charge in [0.25, 0.3) is 0 Å². The zero-order valence-corrected chi connectivity index (χ0v) is 16.0. The van der Waals surface area contributed by atoms with Crippen molar-refractivity contribution in [3.8, 4) is 22.8 Å². The minimum Gasteiger partial charge on any atom is -0.497 e. The van der Waals surface area contributed by atoms with Gasteiger partial charge in [-0.3, -0.25) is 9.69 Å². The van der Waals surface area contributed by atoms with Gasteiger partial charge in [0.2, 0.25) is 5.91 Å². The first kappa shape index (κ1) is 17.3. The number of fused-ring (bicyclic) bond motifs is 1. The number of carbonyl (C=O) groups is 1. The van der Waals surface area contributed by atoms with Crippen LogP contribution in [0.25, 0.3) is 11.3 Å². The topological polar surface area (TPSA) is 85.8 Å². The molecule has 1 aromatic heterocycles. The summed E-state index contributed by atoms with van der Waals surface area (Å²) in [7, 11) is 0.0764. The van der Waals surface area contributed by atoms with Gasteiger partial charge in [-0.05, 0) is 18.2 Å². The van der Waals surface area contributed by atoms with Crippen molar-refractivity contribution < 1.29 is 22.7 Å². The van der Waals surface area contributed by atoms with E-state index < -0.39 is 9.84 Å². The van der Waals surface area contributed by atoms with E-state index >= 15 is 0 Å². The van der Waals surface area contributed by atoms with Crippen LogP contribution in [0, 0.1) is 5.92 Å². The molecule has 7 nitrogen and oxygen atoms in total. The second kappa shape index (κ2) is 6.24. The van der Waals surface area contributed by atoms with Crippen LogP contribution in [0.2, 0.25) is 0 Å². The fraction of sp³-hybridized carbons (Fsp3) is 0.412. The predicted octanol–water partition coefficient (Wildman–Crippen LogP) is 1.98. The number of benzene rings is 1. The van der Waals surface area contributed by atoms with Crippen LogP contribution in [-0.4, -0.2) is 51.1 Å². The van der Waals surface area contributed by atoms with Gasteiger partial charge in [-0.15, -0.1) is 11.3 Å². The lowest BCUT2D eigenvalue weighted by Crippen LogP contribution is -2.36. The zero-order chi connectivity index (χ0) is 18.5. The summed E-state index contributed by atoms with van der Waals surface area (Å²) >= 11 is 1.33. The Hall–Kier alpha value is -2.13. The molecule has 9 heteroatoms. The largest absolute Gasteiger partial charge is 0.497 e. The highest BCUT2D eigenvalue weighted by atomic mass is 32.2. The molecule has 0 saturated carbocycles. The number of hydrogen-bond acceptors (Lipinski definition) is 7. The molecule has 3 heterocycles. The molecule has 1 aromatic carbocycles. The SMILES string of the molecule is COc1ccc(OC)c(-c2csc(N3C(=O)C[C@H]4CS(=O)(=O)C[C@@H]43)n2)c1. The van der Waals surface area contributed by atoms with Gasteiger partial charge in [0.1, 0.15) is 11.5 Å². The van der Waals surface area contributed by atoms with E-state index in [4.69, 9.17) is 9.47 Å². The van der Waals surface area contributed by atoms with Crippen molar-refractivity contribution in [3.05, 3.63) is 23.6 Å². The molecule has 138 valence electrons. The molecule has 2 saturated heterocycles. The lowest BCUT2D eigenvalue weighted by molar-refractivity contribution is -0.117. The van der Waals surface area contributed by atoms with Crippen LogP contribution in [-0.2, 0) is 14.6 Å². The van der Waals surface area contributed by atoms with Gasteiger partial charge < -0.3 is 9.47 Å². The van der Waals surface area contributed by atoms with Crippen molar-refractivity contribution in [1.29, 1.82) is 0 Å². The molecule has 2 fully saturated rings. The van der Waals surface area contributed by atoms with Gasteiger partial charge in [-0.2, -0.15) is 0 Å². The summed E-state index contributed by atoms with van der Waals surface area (Å²) in [5.41, 5.74) is 1.43.